The van der Waals surface area contributed by atoms with Crippen LogP contribution >= 0.6 is 0 Å². The summed E-state index contributed by atoms with van der Waals surface area (Å²) in [7, 11) is -3.21. The van der Waals surface area contributed by atoms with Crippen molar-refractivity contribution in [2.75, 3.05) is 18.8 Å². The molecule has 0 saturated heterocycles. The maximum absolute atomic E-state index is 11.8. The third kappa shape index (κ3) is 5.70. The topological polar surface area (TPSA) is 104 Å². The number of sulfonamides is 1. The second-order valence-electron chi connectivity index (χ2n) is 4.90. The van der Waals surface area contributed by atoms with E-state index in [0.29, 0.717) is 11.6 Å². The van der Waals surface area contributed by atoms with Gasteiger partial charge >= 0.3 is 0 Å². The number of amides is 1. The van der Waals surface area contributed by atoms with Gasteiger partial charge in [0.15, 0.2) is 0 Å². The molecule has 1 heterocycles. The molecule has 8 heteroatoms. The van der Waals surface area contributed by atoms with E-state index in [1.54, 1.807) is 6.92 Å². The Labute approximate surface area is 119 Å². The van der Waals surface area contributed by atoms with Crippen molar-refractivity contribution < 1.29 is 13.2 Å². The largest absolute Gasteiger partial charge is 0.349 e. The Balaban J connectivity index is 2.38. The van der Waals surface area contributed by atoms with Crippen LogP contribution in [0.1, 0.15) is 37.1 Å². The van der Waals surface area contributed by atoms with Crippen molar-refractivity contribution in [1.82, 2.24) is 20.0 Å². The number of rotatable bonds is 8. The molecule has 0 aliphatic heterocycles. The fourth-order valence-corrected chi connectivity index (χ4v) is 2.17. The fraction of sp³-hybridized carbons (Fsp3) is 0.667. The van der Waals surface area contributed by atoms with Crippen molar-refractivity contribution in [3.63, 3.8) is 0 Å². The summed E-state index contributed by atoms with van der Waals surface area (Å²) in [5.74, 6) is 0.973. The van der Waals surface area contributed by atoms with Crippen LogP contribution in [0.4, 0.5) is 0 Å². The van der Waals surface area contributed by atoms with E-state index in [4.69, 9.17) is 0 Å². The van der Waals surface area contributed by atoms with Gasteiger partial charge in [0.05, 0.1) is 11.9 Å². The molecule has 0 aromatic carbocycles. The van der Waals surface area contributed by atoms with Crippen LogP contribution in [0.25, 0.3) is 0 Å². The van der Waals surface area contributed by atoms with Crippen molar-refractivity contribution >= 4 is 15.9 Å². The van der Waals surface area contributed by atoms with Crippen molar-refractivity contribution in [2.24, 2.45) is 5.92 Å². The van der Waals surface area contributed by atoms with Crippen molar-refractivity contribution in [1.29, 1.82) is 0 Å². The van der Waals surface area contributed by atoms with Gasteiger partial charge in [0.2, 0.25) is 10.0 Å². The molecule has 0 aliphatic rings. The molecular formula is C12H22N4O3S. The number of nitrogens with zero attached hydrogens (tertiary/aromatic N) is 1. The summed E-state index contributed by atoms with van der Waals surface area (Å²) in [5.41, 5.74) is 0.388. The number of carbonyl (C=O) groups is 1. The quantitative estimate of drug-likeness (QED) is 0.600. The summed E-state index contributed by atoms with van der Waals surface area (Å²) in [5, 5.41) is 2.63. The SMILES string of the molecule is CCS(=O)(=O)NCCNC(=O)c1cnc(CC(C)C)[nH]1. The Morgan fingerprint density at radius 1 is 1.40 bits per heavy atom. The third-order valence-electron chi connectivity index (χ3n) is 2.59. The molecule has 20 heavy (non-hydrogen) atoms. The molecule has 1 aromatic rings. The molecule has 0 radical (unpaired) electrons. The molecule has 0 aliphatic carbocycles. The van der Waals surface area contributed by atoms with Crippen LogP contribution in [0.5, 0.6) is 0 Å². The molecule has 0 spiro atoms. The highest BCUT2D eigenvalue weighted by Crippen LogP contribution is 2.04. The van der Waals surface area contributed by atoms with Crippen molar-refractivity contribution in [3.8, 4) is 0 Å². The molecule has 0 unspecified atom stereocenters. The van der Waals surface area contributed by atoms with Crippen LogP contribution in [0.15, 0.2) is 6.20 Å². The first kappa shape index (κ1) is 16.6. The molecule has 0 bridgehead atoms. The number of hydrogen-bond donors (Lipinski definition) is 3. The van der Waals surface area contributed by atoms with Crippen LogP contribution in [-0.2, 0) is 16.4 Å². The summed E-state index contributed by atoms with van der Waals surface area (Å²) < 4.78 is 24.7. The fourth-order valence-electron chi connectivity index (χ4n) is 1.55. The van der Waals surface area contributed by atoms with E-state index in [2.05, 4.69) is 33.9 Å². The number of nitrogens with one attached hydrogen (secondary N) is 3. The van der Waals surface area contributed by atoms with Gasteiger partial charge in [-0.05, 0) is 12.8 Å². The lowest BCUT2D eigenvalue weighted by atomic mass is 10.1. The summed E-state index contributed by atoms with van der Waals surface area (Å²) >= 11 is 0. The third-order valence-corrected chi connectivity index (χ3v) is 3.99. The lowest BCUT2D eigenvalue weighted by Gasteiger charge is -2.05. The zero-order valence-corrected chi connectivity index (χ0v) is 12.9. The summed E-state index contributed by atoms with van der Waals surface area (Å²) in [6.45, 7) is 6.11. The van der Waals surface area contributed by atoms with Gasteiger partial charge in [0, 0.05) is 19.5 Å². The minimum Gasteiger partial charge on any atom is -0.349 e. The number of aromatic nitrogens is 2. The summed E-state index contributed by atoms with van der Waals surface area (Å²) in [6.07, 6.45) is 2.27. The van der Waals surface area contributed by atoms with E-state index < -0.39 is 10.0 Å². The van der Waals surface area contributed by atoms with Crippen LogP contribution < -0.4 is 10.0 Å². The Morgan fingerprint density at radius 2 is 2.10 bits per heavy atom. The van der Waals surface area contributed by atoms with E-state index in [1.807, 2.05) is 0 Å². The smallest absolute Gasteiger partial charge is 0.269 e. The van der Waals surface area contributed by atoms with E-state index >= 15 is 0 Å². The molecule has 0 fully saturated rings. The number of hydrogen-bond acceptors (Lipinski definition) is 4. The highest BCUT2D eigenvalue weighted by molar-refractivity contribution is 7.89. The normalized spacial score (nSPS) is 11.8. The monoisotopic (exact) mass is 302 g/mol. The van der Waals surface area contributed by atoms with Gasteiger partial charge in [-0.2, -0.15) is 0 Å². The number of aromatic amines is 1. The maximum Gasteiger partial charge on any atom is 0.269 e. The van der Waals surface area contributed by atoms with Crippen molar-refractivity contribution in [2.45, 2.75) is 27.2 Å². The Bertz CT molecular complexity index is 537. The molecule has 1 rings (SSSR count). The average Bonchev–Trinajstić information content (AvgIpc) is 2.82. The minimum atomic E-state index is -3.21. The first-order valence-corrected chi connectivity index (χ1v) is 8.28. The van der Waals surface area contributed by atoms with E-state index in [0.717, 1.165) is 12.2 Å². The van der Waals surface area contributed by atoms with Gasteiger partial charge in [-0.1, -0.05) is 13.8 Å². The van der Waals surface area contributed by atoms with Gasteiger partial charge in [-0.15, -0.1) is 0 Å². The van der Waals surface area contributed by atoms with Gasteiger partial charge in [0.1, 0.15) is 11.5 Å². The van der Waals surface area contributed by atoms with Gasteiger partial charge in [-0.3, -0.25) is 4.79 Å². The molecule has 0 saturated carbocycles. The standard InChI is InChI=1S/C12H22N4O3S/c1-4-20(18,19)15-6-5-13-12(17)10-8-14-11(16-10)7-9(2)3/h8-9,15H,4-7H2,1-3H3,(H,13,17)(H,14,16). The highest BCUT2D eigenvalue weighted by Gasteiger charge is 2.10. The van der Waals surface area contributed by atoms with Gasteiger partial charge in [-0.25, -0.2) is 18.1 Å². The Kier molecular flexibility index (Phi) is 6.15. The molecule has 1 amide bonds. The zero-order valence-electron chi connectivity index (χ0n) is 12.1. The zero-order chi connectivity index (χ0) is 15.2. The molecule has 1 aromatic heterocycles. The van der Waals surface area contributed by atoms with Gasteiger partial charge < -0.3 is 10.3 Å². The molecule has 0 atom stereocenters. The number of H-pyrrole nitrogens is 1. The van der Waals surface area contributed by atoms with Crippen molar-refractivity contribution in [3.05, 3.63) is 17.7 Å². The van der Waals surface area contributed by atoms with Crippen LogP contribution in [-0.4, -0.2) is 43.1 Å². The first-order valence-electron chi connectivity index (χ1n) is 6.63. The lowest BCUT2D eigenvalue weighted by molar-refractivity contribution is 0.0949. The molecule has 114 valence electrons. The Morgan fingerprint density at radius 3 is 2.70 bits per heavy atom. The van der Waals surface area contributed by atoms with Crippen LogP contribution in [0.2, 0.25) is 0 Å². The molecule has 7 nitrogen and oxygen atoms in total. The molecule has 3 N–H and O–H groups in total. The average molecular weight is 302 g/mol. The second-order valence-corrected chi connectivity index (χ2v) is 6.99. The maximum atomic E-state index is 11.8. The molecular weight excluding hydrogens is 280 g/mol. The first-order chi connectivity index (χ1) is 9.34. The van der Waals surface area contributed by atoms with Crippen LogP contribution in [0.3, 0.4) is 0 Å². The highest BCUT2D eigenvalue weighted by atomic mass is 32.2. The minimum absolute atomic E-state index is 0.0278. The van der Waals surface area contributed by atoms with E-state index in [9.17, 15) is 13.2 Å². The van der Waals surface area contributed by atoms with Gasteiger partial charge in [0.25, 0.3) is 5.91 Å². The van der Waals surface area contributed by atoms with E-state index in [-0.39, 0.29) is 24.7 Å². The predicted molar refractivity (Wildman–Crippen MR) is 76.9 cm³/mol. The summed E-state index contributed by atoms with van der Waals surface area (Å²) in [6, 6.07) is 0. The summed E-state index contributed by atoms with van der Waals surface area (Å²) in [4.78, 5) is 18.9. The number of carbonyl (C=O) groups excluding carboxylic acids is 1. The number of imidazole rings is 1. The lowest BCUT2D eigenvalue weighted by Crippen LogP contribution is -2.35. The Hall–Kier alpha value is -1.41. The second kappa shape index (κ2) is 7.39. The van der Waals surface area contributed by atoms with E-state index in [1.165, 1.54) is 6.20 Å². The van der Waals surface area contributed by atoms with Crippen LogP contribution in [0, 0.1) is 5.92 Å². The predicted octanol–water partition coefficient (Wildman–Crippen LogP) is 0.277.